The fraction of sp³-hybridized carbons (Fsp3) is 0.222. The second-order valence-electron chi connectivity index (χ2n) is 3.43. The number of rotatable bonds is 4. The summed E-state index contributed by atoms with van der Waals surface area (Å²) in [5.74, 6) is -0.777. The van der Waals surface area contributed by atoms with Gasteiger partial charge >= 0.3 is 0 Å². The normalized spacial score (nSPS) is 13.3. The molecular weight excluding hydrogens is 266 g/mol. The number of primary amides is 1. The van der Waals surface area contributed by atoms with E-state index in [1.54, 1.807) is 0 Å². The highest BCUT2D eigenvalue weighted by Crippen LogP contribution is 2.22. The Kier molecular flexibility index (Phi) is 3.97. The first-order chi connectivity index (χ1) is 7.74. The Hall–Kier alpha value is -1.31. The van der Waals surface area contributed by atoms with Crippen molar-refractivity contribution in [2.24, 2.45) is 5.73 Å². The molecule has 0 radical (unpaired) electrons. The molecule has 0 spiro atoms. The number of benzene rings is 1. The Balaban J connectivity index is 3.10. The number of nitrogen functional groups attached to an aromatic ring is 1. The zero-order valence-electron chi connectivity index (χ0n) is 8.98. The quantitative estimate of drug-likeness (QED) is 0.676. The predicted octanol–water partition coefficient (Wildman–Crippen LogP) is 0.0743. The smallest absolute Gasteiger partial charge is 0.243 e. The molecule has 6 nitrogen and oxygen atoms in total. The molecule has 5 N–H and O–H groups in total. The lowest BCUT2D eigenvalue weighted by Gasteiger charge is -2.12. The van der Waals surface area contributed by atoms with Gasteiger partial charge in [-0.1, -0.05) is 11.6 Å². The zero-order valence-corrected chi connectivity index (χ0v) is 10.5. The third kappa shape index (κ3) is 3.32. The van der Waals surface area contributed by atoms with Crippen molar-refractivity contribution in [2.45, 2.75) is 17.9 Å². The molecule has 0 saturated heterocycles. The number of carbonyl (C=O) groups is 1. The van der Waals surface area contributed by atoms with Crippen LogP contribution in [0.3, 0.4) is 0 Å². The average Bonchev–Trinajstić information content (AvgIpc) is 2.15. The van der Waals surface area contributed by atoms with E-state index in [-0.39, 0.29) is 10.6 Å². The van der Waals surface area contributed by atoms with Crippen molar-refractivity contribution < 1.29 is 13.2 Å². The van der Waals surface area contributed by atoms with Crippen LogP contribution in [0.1, 0.15) is 6.92 Å². The Morgan fingerprint density at radius 3 is 2.53 bits per heavy atom. The Labute approximate surface area is 104 Å². The maximum absolute atomic E-state index is 11.8. The van der Waals surface area contributed by atoms with Crippen molar-refractivity contribution in [2.75, 3.05) is 5.73 Å². The molecule has 1 rings (SSSR count). The molecule has 0 aromatic heterocycles. The first kappa shape index (κ1) is 13.8. The fourth-order valence-electron chi connectivity index (χ4n) is 1.12. The molecule has 0 aliphatic carbocycles. The minimum Gasteiger partial charge on any atom is -0.398 e. The lowest BCUT2D eigenvalue weighted by Crippen LogP contribution is -2.42. The Bertz CT molecular complexity index is 544. The summed E-state index contributed by atoms with van der Waals surface area (Å²) in [5, 5.41) is 0.324. The van der Waals surface area contributed by atoms with Crippen LogP contribution in [0.4, 0.5) is 5.69 Å². The number of halogens is 1. The number of carbonyl (C=O) groups excluding carboxylic acids is 1. The summed E-state index contributed by atoms with van der Waals surface area (Å²) in [7, 11) is -3.89. The van der Waals surface area contributed by atoms with Gasteiger partial charge in [0.1, 0.15) is 4.90 Å². The maximum Gasteiger partial charge on any atom is 0.243 e. The number of sulfonamides is 1. The molecule has 0 bridgehead atoms. The minimum atomic E-state index is -3.89. The van der Waals surface area contributed by atoms with Crippen LogP contribution in [0.15, 0.2) is 23.1 Å². The van der Waals surface area contributed by atoms with Crippen LogP contribution in [-0.4, -0.2) is 20.4 Å². The van der Waals surface area contributed by atoms with E-state index in [9.17, 15) is 13.2 Å². The van der Waals surface area contributed by atoms with Crippen LogP contribution in [0, 0.1) is 0 Å². The van der Waals surface area contributed by atoms with Gasteiger partial charge in [0, 0.05) is 5.02 Å². The minimum absolute atomic E-state index is 0.00155. The molecule has 1 unspecified atom stereocenters. The van der Waals surface area contributed by atoms with E-state index < -0.39 is 22.0 Å². The van der Waals surface area contributed by atoms with Crippen LogP contribution in [0.5, 0.6) is 0 Å². The van der Waals surface area contributed by atoms with E-state index in [0.29, 0.717) is 5.02 Å². The van der Waals surface area contributed by atoms with Crippen molar-refractivity contribution in [3.05, 3.63) is 23.2 Å². The number of anilines is 1. The summed E-state index contributed by atoms with van der Waals surface area (Å²) in [6.45, 7) is 1.34. The number of nitrogens with one attached hydrogen (secondary N) is 1. The summed E-state index contributed by atoms with van der Waals surface area (Å²) in [6, 6.07) is 2.94. The van der Waals surface area contributed by atoms with Gasteiger partial charge in [-0.15, -0.1) is 0 Å². The Morgan fingerprint density at radius 2 is 2.06 bits per heavy atom. The van der Waals surface area contributed by atoms with Gasteiger partial charge in [0.2, 0.25) is 15.9 Å². The van der Waals surface area contributed by atoms with Gasteiger partial charge in [0.05, 0.1) is 11.7 Å². The summed E-state index contributed by atoms with van der Waals surface area (Å²) < 4.78 is 25.8. The highest BCUT2D eigenvalue weighted by molar-refractivity contribution is 7.89. The molecule has 0 fully saturated rings. The monoisotopic (exact) mass is 277 g/mol. The first-order valence-corrected chi connectivity index (χ1v) is 6.47. The van der Waals surface area contributed by atoms with Crippen molar-refractivity contribution in [1.82, 2.24) is 4.72 Å². The van der Waals surface area contributed by atoms with Crippen LogP contribution in [-0.2, 0) is 14.8 Å². The van der Waals surface area contributed by atoms with Gasteiger partial charge in [-0.05, 0) is 25.1 Å². The molecule has 94 valence electrons. The topological polar surface area (TPSA) is 115 Å². The number of amides is 1. The Morgan fingerprint density at radius 1 is 1.47 bits per heavy atom. The molecule has 1 amide bonds. The summed E-state index contributed by atoms with van der Waals surface area (Å²) in [4.78, 5) is 10.6. The summed E-state index contributed by atoms with van der Waals surface area (Å²) in [5.41, 5.74) is 10.5. The summed E-state index contributed by atoms with van der Waals surface area (Å²) in [6.07, 6.45) is 0. The lowest BCUT2D eigenvalue weighted by molar-refractivity contribution is -0.119. The summed E-state index contributed by atoms with van der Waals surface area (Å²) >= 11 is 5.65. The molecule has 8 heteroatoms. The molecule has 0 heterocycles. The van der Waals surface area contributed by atoms with Crippen LogP contribution in [0.25, 0.3) is 0 Å². The van der Waals surface area contributed by atoms with Crippen molar-refractivity contribution in [3.8, 4) is 0 Å². The highest BCUT2D eigenvalue weighted by atomic mass is 35.5. The molecule has 1 aromatic carbocycles. The molecule has 1 atom stereocenters. The SMILES string of the molecule is CC(NS(=O)(=O)c1ccc(Cl)cc1N)C(N)=O. The third-order valence-corrected chi connectivity index (χ3v) is 3.87. The predicted molar refractivity (Wildman–Crippen MR) is 64.8 cm³/mol. The number of hydrogen-bond acceptors (Lipinski definition) is 4. The van der Waals surface area contributed by atoms with E-state index in [1.165, 1.54) is 25.1 Å². The van der Waals surface area contributed by atoms with Crippen LogP contribution < -0.4 is 16.2 Å². The second-order valence-corrected chi connectivity index (χ2v) is 5.55. The van der Waals surface area contributed by atoms with Gasteiger partial charge in [0.25, 0.3) is 0 Å². The van der Waals surface area contributed by atoms with Gasteiger partial charge < -0.3 is 11.5 Å². The van der Waals surface area contributed by atoms with Crippen LogP contribution >= 0.6 is 11.6 Å². The molecule has 17 heavy (non-hydrogen) atoms. The molecule has 0 aliphatic heterocycles. The number of hydrogen-bond donors (Lipinski definition) is 3. The van der Waals surface area contributed by atoms with Crippen molar-refractivity contribution >= 4 is 33.2 Å². The first-order valence-electron chi connectivity index (χ1n) is 4.60. The number of nitrogens with two attached hydrogens (primary N) is 2. The van der Waals surface area contributed by atoms with E-state index >= 15 is 0 Å². The van der Waals surface area contributed by atoms with E-state index in [4.69, 9.17) is 23.1 Å². The maximum atomic E-state index is 11.8. The molecule has 1 aromatic rings. The van der Waals surface area contributed by atoms with E-state index in [1.807, 2.05) is 0 Å². The standard InChI is InChI=1S/C9H12ClN3O3S/c1-5(9(12)14)13-17(15,16)8-3-2-6(10)4-7(8)11/h2-5,13H,11H2,1H3,(H2,12,14). The van der Waals surface area contributed by atoms with Gasteiger partial charge in [-0.25, -0.2) is 8.42 Å². The zero-order chi connectivity index (χ0) is 13.2. The van der Waals surface area contributed by atoms with Crippen molar-refractivity contribution in [3.63, 3.8) is 0 Å². The lowest BCUT2D eigenvalue weighted by atomic mass is 10.3. The van der Waals surface area contributed by atoms with Crippen LogP contribution in [0.2, 0.25) is 5.02 Å². The highest BCUT2D eigenvalue weighted by Gasteiger charge is 2.22. The average molecular weight is 278 g/mol. The van der Waals surface area contributed by atoms with Gasteiger partial charge in [-0.3, -0.25) is 4.79 Å². The van der Waals surface area contributed by atoms with Crippen molar-refractivity contribution in [1.29, 1.82) is 0 Å². The largest absolute Gasteiger partial charge is 0.398 e. The third-order valence-electron chi connectivity index (χ3n) is 2.02. The molecular formula is C9H12ClN3O3S. The molecule has 0 saturated carbocycles. The van der Waals surface area contributed by atoms with Gasteiger partial charge in [0.15, 0.2) is 0 Å². The second kappa shape index (κ2) is 4.91. The van der Waals surface area contributed by atoms with Gasteiger partial charge in [-0.2, -0.15) is 4.72 Å². The van der Waals surface area contributed by atoms with E-state index in [0.717, 1.165) is 0 Å². The van der Waals surface area contributed by atoms with E-state index in [2.05, 4.69) is 4.72 Å². The fourth-order valence-corrected chi connectivity index (χ4v) is 2.62. The molecule has 0 aliphatic rings.